The second kappa shape index (κ2) is 6.63. The minimum atomic E-state index is -0.328. The van der Waals surface area contributed by atoms with Crippen LogP contribution in [0.15, 0.2) is 24.3 Å². The molecule has 1 fully saturated rings. The van der Waals surface area contributed by atoms with Crippen LogP contribution >= 0.6 is 0 Å². The number of benzene rings is 1. The van der Waals surface area contributed by atoms with Gasteiger partial charge < -0.3 is 10.0 Å². The molecule has 0 bridgehead atoms. The number of carbonyl (C=O) groups excluding carboxylic acids is 1. The number of amides is 1. The Balaban J connectivity index is 1.87. The monoisotopic (exact) mass is 266 g/mol. The van der Waals surface area contributed by atoms with Crippen LogP contribution in [0.1, 0.15) is 16.8 Å². The lowest BCUT2D eigenvalue weighted by molar-refractivity contribution is 0.0629. The van der Waals surface area contributed by atoms with E-state index in [-0.39, 0.29) is 18.3 Å². The lowest BCUT2D eigenvalue weighted by Crippen LogP contribution is -2.48. The highest BCUT2D eigenvalue weighted by molar-refractivity contribution is 5.94. The van der Waals surface area contributed by atoms with Crippen LogP contribution in [0.25, 0.3) is 0 Å². The van der Waals surface area contributed by atoms with E-state index in [0.717, 1.165) is 26.1 Å². The van der Waals surface area contributed by atoms with Crippen LogP contribution in [0.4, 0.5) is 4.39 Å². The van der Waals surface area contributed by atoms with Crippen molar-refractivity contribution in [2.24, 2.45) is 0 Å². The van der Waals surface area contributed by atoms with Crippen LogP contribution in [-0.4, -0.2) is 60.1 Å². The molecule has 2 rings (SSSR count). The summed E-state index contributed by atoms with van der Waals surface area (Å²) in [5.41, 5.74) is 0.533. The Morgan fingerprint density at radius 1 is 1.16 bits per heavy atom. The first-order chi connectivity index (χ1) is 9.20. The molecular formula is C14H19FN2O2. The fourth-order valence-corrected chi connectivity index (χ4v) is 2.24. The Kier molecular flexibility index (Phi) is 4.87. The molecule has 0 aliphatic carbocycles. The summed E-state index contributed by atoms with van der Waals surface area (Å²) < 4.78 is 12.8. The zero-order chi connectivity index (χ0) is 13.7. The molecule has 0 unspecified atom stereocenters. The molecule has 1 amide bonds. The summed E-state index contributed by atoms with van der Waals surface area (Å²) in [6, 6.07) is 5.67. The highest BCUT2D eigenvalue weighted by Crippen LogP contribution is 2.10. The molecule has 1 aromatic carbocycles. The van der Waals surface area contributed by atoms with Gasteiger partial charge in [-0.05, 0) is 30.7 Å². The van der Waals surface area contributed by atoms with Gasteiger partial charge in [0.15, 0.2) is 0 Å². The molecule has 0 atom stereocenters. The Bertz CT molecular complexity index is 414. The van der Waals surface area contributed by atoms with Crippen LogP contribution < -0.4 is 0 Å². The van der Waals surface area contributed by atoms with Crippen molar-refractivity contribution in [3.63, 3.8) is 0 Å². The van der Waals surface area contributed by atoms with E-state index in [1.165, 1.54) is 24.3 Å². The average molecular weight is 266 g/mol. The smallest absolute Gasteiger partial charge is 0.253 e. The molecule has 19 heavy (non-hydrogen) atoms. The molecule has 4 nitrogen and oxygen atoms in total. The third-order valence-electron chi connectivity index (χ3n) is 3.38. The normalized spacial score (nSPS) is 16.6. The molecule has 1 aliphatic heterocycles. The maximum Gasteiger partial charge on any atom is 0.253 e. The quantitative estimate of drug-likeness (QED) is 0.883. The van der Waals surface area contributed by atoms with Gasteiger partial charge in [-0.3, -0.25) is 9.69 Å². The predicted octanol–water partition coefficient (Wildman–Crippen LogP) is 0.966. The van der Waals surface area contributed by atoms with Crippen molar-refractivity contribution in [3.8, 4) is 0 Å². The van der Waals surface area contributed by atoms with Gasteiger partial charge in [0.05, 0.1) is 0 Å². The maximum absolute atomic E-state index is 12.8. The molecule has 1 aromatic rings. The number of rotatable bonds is 4. The summed E-state index contributed by atoms with van der Waals surface area (Å²) in [7, 11) is 0. The van der Waals surface area contributed by atoms with Gasteiger partial charge >= 0.3 is 0 Å². The third kappa shape index (κ3) is 3.75. The minimum Gasteiger partial charge on any atom is -0.396 e. The molecule has 5 heteroatoms. The van der Waals surface area contributed by atoms with E-state index in [1.807, 2.05) is 0 Å². The number of piperazine rings is 1. The fourth-order valence-electron chi connectivity index (χ4n) is 2.24. The summed E-state index contributed by atoms with van der Waals surface area (Å²) in [5.74, 6) is -0.368. The molecule has 0 spiro atoms. The van der Waals surface area contributed by atoms with Gasteiger partial charge in [0.1, 0.15) is 5.82 Å². The van der Waals surface area contributed by atoms with Crippen LogP contribution in [0.3, 0.4) is 0 Å². The molecule has 1 aliphatic rings. The lowest BCUT2D eigenvalue weighted by atomic mass is 10.1. The first-order valence-electron chi connectivity index (χ1n) is 6.59. The largest absolute Gasteiger partial charge is 0.396 e. The van der Waals surface area contributed by atoms with E-state index in [0.29, 0.717) is 18.7 Å². The number of hydrogen-bond donors (Lipinski definition) is 1. The van der Waals surface area contributed by atoms with Crippen molar-refractivity contribution in [1.29, 1.82) is 0 Å². The first kappa shape index (κ1) is 14.0. The summed E-state index contributed by atoms with van der Waals surface area (Å²) >= 11 is 0. The number of nitrogens with zero attached hydrogens (tertiary/aromatic N) is 2. The highest BCUT2D eigenvalue weighted by Gasteiger charge is 2.21. The second-order valence-corrected chi connectivity index (χ2v) is 4.72. The fraction of sp³-hybridized carbons (Fsp3) is 0.500. The van der Waals surface area contributed by atoms with Crippen molar-refractivity contribution < 1.29 is 14.3 Å². The topological polar surface area (TPSA) is 43.8 Å². The molecule has 0 saturated carbocycles. The first-order valence-corrected chi connectivity index (χ1v) is 6.59. The maximum atomic E-state index is 12.8. The van der Waals surface area contributed by atoms with Gasteiger partial charge in [0.25, 0.3) is 5.91 Å². The van der Waals surface area contributed by atoms with Crippen LogP contribution in [0, 0.1) is 5.82 Å². The number of halogens is 1. The molecular weight excluding hydrogens is 247 g/mol. The molecule has 104 valence electrons. The summed E-state index contributed by atoms with van der Waals surface area (Å²) in [6.07, 6.45) is 0.770. The predicted molar refractivity (Wildman–Crippen MR) is 70.4 cm³/mol. The van der Waals surface area contributed by atoms with E-state index >= 15 is 0 Å². The van der Waals surface area contributed by atoms with E-state index < -0.39 is 0 Å². The second-order valence-electron chi connectivity index (χ2n) is 4.72. The molecule has 0 radical (unpaired) electrons. The van der Waals surface area contributed by atoms with Crippen molar-refractivity contribution in [1.82, 2.24) is 9.80 Å². The zero-order valence-corrected chi connectivity index (χ0v) is 10.9. The van der Waals surface area contributed by atoms with Gasteiger partial charge in [-0.1, -0.05) is 0 Å². The van der Waals surface area contributed by atoms with Crippen molar-refractivity contribution in [3.05, 3.63) is 35.6 Å². The van der Waals surface area contributed by atoms with Crippen LogP contribution in [0.2, 0.25) is 0 Å². The van der Waals surface area contributed by atoms with Crippen molar-refractivity contribution in [2.45, 2.75) is 6.42 Å². The summed E-state index contributed by atoms with van der Waals surface area (Å²) in [5, 5.41) is 8.79. The van der Waals surface area contributed by atoms with Gasteiger partial charge in [0.2, 0.25) is 0 Å². The van der Waals surface area contributed by atoms with Crippen molar-refractivity contribution in [2.75, 3.05) is 39.3 Å². The molecule has 1 N–H and O–H groups in total. The van der Waals surface area contributed by atoms with Crippen LogP contribution in [0.5, 0.6) is 0 Å². The van der Waals surface area contributed by atoms with Crippen LogP contribution in [-0.2, 0) is 0 Å². The number of hydrogen-bond acceptors (Lipinski definition) is 3. The zero-order valence-electron chi connectivity index (χ0n) is 10.9. The van der Waals surface area contributed by atoms with E-state index in [9.17, 15) is 9.18 Å². The molecule has 0 aromatic heterocycles. The van der Waals surface area contributed by atoms with Gasteiger partial charge in [-0.15, -0.1) is 0 Å². The Labute approximate surface area is 112 Å². The highest BCUT2D eigenvalue weighted by atomic mass is 19.1. The van der Waals surface area contributed by atoms with Gasteiger partial charge in [-0.25, -0.2) is 4.39 Å². The van der Waals surface area contributed by atoms with E-state index in [1.54, 1.807) is 4.90 Å². The van der Waals surface area contributed by atoms with E-state index in [2.05, 4.69) is 4.90 Å². The lowest BCUT2D eigenvalue weighted by Gasteiger charge is -2.34. The Hall–Kier alpha value is -1.46. The van der Waals surface area contributed by atoms with Gasteiger partial charge in [0, 0.05) is 44.9 Å². The Morgan fingerprint density at radius 2 is 1.79 bits per heavy atom. The SMILES string of the molecule is O=C(c1ccc(F)cc1)N1CCN(CCCO)CC1. The minimum absolute atomic E-state index is 0.0400. The van der Waals surface area contributed by atoms with E-state index in [4.69, 9.17) is 5.11 Å². The van der Waals surface area contributed by atoms with Crippen molar-refractivity contribution >= 4 is 5.91 Å². The number of carbonyl (C=O) groups is 1. The summed E-state index contributed by atoms with van der Waals surface area (Å²) in [6.45, 7) is 4.09. The van der Waals surface area contributed by atoms with Gasteiger partial charge in [-0.2, -0.15) is 0 Å². The number of aliphatic hydroxyl groups is 1. The standard InChI is InChI=1S/C14H19FN2O2/c15-13-4-2-12(3-5-13)14(19)17-9-7-16(8-10-17)6-1-11-18/h2-5,18H,1,6-11H2. The summed E-state index contributed by atoms with van der Waals surface area (Å²) in [4.78, 5) is 16.2. The number of aliphatic hydroxyl groups excluding tert-OH is 1. The molecule has 1 heterocycles. The molecule has 1 saturated heterocycles. The Morgan fingerprint density at radius 3 is 2.37 bits per heavy atom. The average Bonchev–Trinajstić information content (AvgIpc) is 2.46. The third-order valence-corrected chi connectivity index (χ3v) is 3.38.